The number of Topliss-reactive ketones (excluding diaryl/α,β-unsaturated/α-hetero) is 1. The van der Waals surface area contributed by atoms with E-state index in [-0.39, 0.29) is 5.78 Å². The van der Waals surface area contributed by atoms with Crippen molar-refractivity contribution in [3.63, 3.8) is 0 Å². The van der Waals surface area contributed by atoms with Crippen LogP contribution >= 0.6 is 11.3 Å². The Kier molecular flexibility index (Phi) is 4.67. The number of allylic oxidation sites excluding steroid dienone is 1. The molecule has 0 fully saturated rings. The van der Waals surface area contributed by atoms with Crippen LogP contribution in [0.1, 0.15) is 20.8 Å². The Morgan fingerprint density at radius 3 is 2.73 bits per heavy atom. The average Bonchev–Trinajstić information content (AvgIpc) is 3.28. The molecule has 0 bridgehead atoms. The van der Waals surface area contributed by atoms with Crippen molar-refractivity contribution in [2.24, 2.45) is 0 Å². The zero-order valence-electron chi connectivity index (χ0n) is 13.9. The van der Waals surface area contributed by atoms with Crippen LogP contribution in [0.2, 0.25) is 0 Å². The van der Waals surface area contributed by atoms with E-state index in [0.717, 1.165) is 10.4 Å². The van der Waals surface area contributed by atoms with Gasteiger partial charge in [0.15, 0.2) is 5.76 Å². The number of rotatable bonds is 5. The Bertz CT molecular complexity index is 970. The van der Waals surface area contributed by atoms with Gasteiger partial charge in [-0.2, -0.15) is 0 Å². The van der Waals surface area contributed by atoms with Gasteiger partial charge in [-0.25, -0.2) is 0 Å². The summed E-state index contributed by atoms with van der Waals surface area (Å²) >= 11 is 1.56. The number of thiophene rings is 1. The van der Waals surface area contributed by atoms with Gasteiger partial charge >= 0.3 is 0 Å². The molecule has 1 aromatic heterocycles. The summed E-state index contributed by atoms with van der Waals surface area (Å²) in [5.74, 6) is 1.47. The molecule has 4 rings (SSSR count). The zero-order valence-corrected chi connectivity index (χ0v) is 14.7. The van der Waals surface area contributed by atoms with E-state index in [1.165, 1.54) is 0 Å². The van der Waals surface area contributed by atoms with E-state index in [2.05, 4.69) is 0 Å². The summed E-state index contributed by atoms with van der Waals surface area (Å²) in [6, 6.07) is 19.3. The molecule has 3 nitrogen and oxygen atoms in total. The highest BCUT2D eigenvalue weighted by Gasteiger charge is 2.27. The van der Waals surface area contributed by atoms with E-state index in [9.17, 15) is 4.79 Å². The Balaban J connectivity index is 1.43. The second-order valence-electron chi connectivity index (χ2n) is 5.74. The van der Waals surface area contributed by atoms with Gasteiger partial charge in [-0.05, 0) is 35.2 Å². The summed E-state index contributed by atoms with van der Waals surface area (Å²) in [5, 5.41) is 1.97. The van der Waals surface area contributed by atoms with Crippen molar-refractivity contribution in [1.82, 2.24) is 0 Å². The minimum absolute atomic E-state index is 0.0936. The molecule has 0 unspecified atom stereocenters. The number of hydrogen-bond acceptors (Lipinski definition) is 4. The summed E-state index contributed by atoms with van der Waals surface area (Å²) in [6.07, 6.45) is 5.74. The molecule has 26 heavy (non-hydrogen) atoms. The predicted octanol–water partition coefficient (Wildman–Crippen LogP) is 5.46. The Morgan fingerprint density at radius 2 is 1.92 bits per heavy atom. The molecule has 0 atom stereocenters. The van der Waals surface area contributed by atoms with Crippen LogP contribution in [0.15, 0.2) is 77.9 Å². The number of carbonyl (C=O) groups excluding carboxylic acids is 1. The third kappa shape index (κ3) is 3.60. The fraction of sp³-hybridized carbons (Fsp3) is 0.0455. The molecule has 1 aliphatic heterocycles. The van der Waals surface area contributed by atoms with Gasteiger partial charge in [-0.3, -0.25) is 4.79 Å². The largest absolute Gasteiger partial charge is 0.489 e. The van der Waals surface area contributed by atoms with E-state index in [1.807, 2.05) is 60.0 Å². The lowest BCUT2D eigenvalue weighted by atomic mass is 10.1. The van der Waals surface area contributed by atoms with Crippen LogP contribution in [0.4, 0.5) is 0 Å². The SMILES string of the molecule is O=C1/C(=C/c2cccs2)Oc2cc(OC/C=C/c3ccccc3)ccc21. The van der Waals surface area contributed by atoms with Crippen molar-refractivity contribution >= 4 is 29.3 Å². The van der Waals surface area contributed by atoms with Crippen LogP contribution < -0.4 is 9.47 Å². The topological polar surface area (TPSA) is 35.5 Å². The minimum atomic E-state index is -0.0936. The van der Waals surface area contributed by atoms with Gasteiger partial charge < -0.3 is 9.47 Å². The molecule has 0 aliphatic carbocycles. The van der Waals surface area contributed by atoms with E-state index in [1.54, 1.807) is 35.6 Å². The molecule has 1 aliphatic rings. The Morgan fingerprint density at radius 1 is 1.04 bits per heavy atom. The molecule has 0 saturated heterocycles. The van der Waals surface area contributed by atoms with Crippen molar-refractivity contribution < 1.29 is 14.3 Å². The zero-order chi connectivity index (χ0) is 17.8. The minimum Gasteiger partial charge on any atom is -0.489 e. The summed E-state index contributed by atoms with van der Waals surface area (Å²) in [5.41, 5.74) is 1.70. The van der Waals surface area contributed by atoms with Crippen molar-refractivity contribution in [1.29, 1.82) is 0 Å². The maximum Gasteiger partial charge on any atom is 0.232 e. The van der Waals surface area contributed by atoms with Gasteiger partial charge in [0.1, 0.15) is 18.1 Å². The van der Waals surface area contributed by atoms with Crippen LogP contribution in [0, 0.1) is 0 Å². The second kappa shape index (κ2) is 7.42. The first-order valence-electron chi connectivity index (χ1n) is 8.26. The van der Waals surface area contributed by atoms with E-state index in [0.29, 0.717) is 29.4 Å². The quantitative estimate of drug-likeness (QED) is 0.567. The van der Waals surface area contributed by atoms with Crippen LogP contribution in [0.25, 0.3) is 12.2 Å². The normalized spacial score (nSPS) is 14.6. The number of ketones is 1. The summed E-state index contributed by atoms with van der Waals surface area (Å²) < 4.78 is 11.5. The third-order valence-electron chi connectivity index (χ3n) is 3.91. The van der Waals surface area contributed by atoms with Crippen molar-refractivity contribution in [2.45, 2.75) is 0 Å². The highest BCUT2D eigenvalue weighted by molar-refractivity contribution is 7.10. The molecule has 128 valence electrons. The van der Waals surface area contributed by atoms with Crippen LogP contribution in [-0.2, 0) is 0 Å². The molecule has 2 aromatic carbocycles. The second-order valence-corrected chi connectivity index (χ2v) is 6.72. The number of fused-ring (bicyclic) bond motifs is 1. The molecule has 0 amide bonds. The molecular formula is C22H16O3S. The number of benzene rings is 2. The van der Waals surface area contributed by atoms with E-state index in [4.69, 9.17) is 9.47 Å². The molecule has 4 heteroatoms. The fourth-order valence-electron chi connectivity index (χ4n) is 2.65. The summed E-state index contributed by atoms with van der Waals surface area (Å²) in [4.78, 5) is 13.4. The maximum atomic E-state index is 12.4. The van der Waals surface area contributed by atoms with Gasteiger partial charge in [0.05, 0.1) is 5.56 Å². The Labute approximate surface area is 155 Å². The van der Waals surface area contributed by atoms with Crippen molar-refractivity contribution in [2.75, 3.05) is 6.61 Å². The molecule has 2 heterocycles. The van der Waals surface area contributed by atoms with E-state index < -0.39 is 0 Å². The average molecular weight is 360 g/mol. The highest BCUT2D eigenvalue weighted by atomic mass is 32.1. The van der Waals surface area contributed by atoms with Gasteiger partial charge in [0.2, 0.25) is 5.78 Å². The summed E-state index contributed by atoms with van der Waals surface area (Å²) in [6.45, 7) is 0.444. The third-order valence-corrected chi connectivity index (χ3v) is 4.73. The fourth-order valence-corrected chi connectivity index (χ4v) is 3.30. The first-order valence-corrected chi connectivity index (χ1v) is 9.14. The van der Waals surface area contributed by atoms with E-state index >= 15 is 0 Å². The van der Waals surface area contributed by atoms with Gasteiger partial charge in [0.25, 0.3) is 0 Å². The predicted molar refractivity (Wildman–Crippen MR) is 105 cm³/mol. The van der Waals surface area contributed by atoms with Gasteiger partial charge in [-0.15, -0.1) is 11.3 Å². The molecular weight excluding hydrogens is 344 g/mol. The van der Waals surface area contributed by atoms with Crippen molar-refractivity contribution in [3.05, 3.63) is 93.9 Å². The lowest BCUT2D eigenvalue weighted by molar-refractivity contribution is 0.101. The smallest absolute Gasteiger partial charge is 0.232 e. The first kappa shape index (κ1) is 16.4. The standard InChI is InChI=1S/C22H16O3S/c23-22-19-11-10-17(24-12-4-8-16-6-2-1-3-7-16)14-20(19)25-21(22)15-18-9-5-13-26-18/h1-11,13-15H,12H2/b8-4+,21-15-. The molecule has 0 saturated carbocycles. The summed E-state index contributed by atoms with van der Waals surface area (Å²) in [7, 11) is 0. The highest BCUT2D eigenvalue weighted by Crippen LogP contribution is 2.35. The lowest BCUT2D eigenvalue weighted by Gasteiger charge is -2.04. The van der Waals surface area contributed by atoms with Gasteiger partial charge in [-0.1, -0.05) is 42.5 Å². The first-order chi connectivity index (χ1) is 12.8. The maximum absolute atomic E-state index is 12.4. The molecule has 0 spiro atoms. The number of ether oxygens (including phenoxy) is 2. The van der Waals surface area contributed by atoms with Crippen LogP contribution in [-0.4, -0.2) is 12.4 Å². The lowest BCUT2D eigenvalue weighted by Crippen LogP contribution is -1.97. The monoisotopic (exact) mass is 360 g/mol. The van der Waals surface area contributed by atoms with Crippen molar-refractivity contribution in [3.8, 4) is 11.5 Å². The molecule has 0 radical (unpaired) electrons. The Hall–Kier alpha value is -3.11. The molecule has 0 N–H and O–H groups in total. The number of carbonyl (C=O) groups is 1. The number of hydrogen-bond donors (Lipinski definition) is 0. The van der Waals surface area contributed by atoms with Gasteiger partial charge in [0, 0.05) is 17.0 Å². The van der Waals surface area contributed by atoms with Crippen LogP contribution in [0.5, 0.6) is 11.5 Å². The molecule has 3 aromatic rings. The van der Waals surface area contributed by atoms with Crippen LogP contribution in [0.3, 0.4) is 0 Å².